The lowest BCUT2D eigenvalue weighted by Crippen LogP contribution is -2.13. The lowest BCUT2D eigenvalue weighted by molar-refractivity contribution is 0.102. The van der Waals surface area contributed by atoms with Crippen molar-refractivity contribution in [3.63, 3.8) is 0 Å². The highest BCUT2D eigenvalue weighted by molar-refractivity contribution is 7.14. The second-order valence-electron chi connectivity index (χ2n) is 8.01. The largest absolute Gasteiger partial charge is 0.497 e. The van der Waals surface area contributed by atoms with Crippen molar-refractivity contribution < 1.29 is 18.7 Å². The molecule has 0 aliphatic rings. The molecule has 1 N–H and O–H groups in total. The number of pyridine rings is 1. The average Bonchev–Trinajstić information content (AvgIpc) is 3.63. The number of nitrogens with one attached hydrogen (secondary N) is 1. The van der Waals surface area contributed by atoms with E-state index in [-0.39, 0.29) is 11.9 Å². The Hall–Kier alpha value is -4.18. The number of nitrogens with zero attached hydrogens (tertiary/aromatic N) is 4. The van der Waals surface area contributed by atoms with E-state index in [9.17, 15) is 4.79 Å². The summed E-state index contributed by atoms with van der Waals surface area (Å²) in [4.78, 5) is 22.7. The zero-order chi connectivity index (χ0) is 24.5. The Morgan fingerprint density at radius 3 is 2.69 bits per heavy atom. The molecule has 4 aromatic heterocycles. The fourth-order valence-corrected chi connectivity index (χ4v) is 4.47. The first-order valence-corrected chi connectivity index (χ1v) is 11.8. The number of methoxy groups -OCH3 is 2. The van der Waals surface area contributed by atoms with E-state index in [0.717, 1.165) is 5.56 Å². The Morgan fingerprint density at radius 2 is 1.97 bits per heavy atom. The van der Waals surface area contributed by atoms with E-state index in [4.69, 9.17) is 18.9 Å². The van der Waals surface area contributed by atoms with Crippen molar-refractivity contribution in [2.24, 2.45) is 0 Å². The number of hydrogen-bond donors (Lipinski definition) is 1. The summed E-state index contributed by atoms with van der Waals surface area (Å²) < 4.78 is 18.1. The van der Waals surface area contributed by atoms with Crippen LogP contribution < -0.4 is 14.8 Å². The van der Waals surface area contributed by atoms with Crippen molar-refractivity contribution in [1.82, 2.24) is 19.7 Å². The van der Waals surface area contributed by atoms with Crippen LogP contribution in [0.4, 0.5) is 5.13 Å². The van der Waals surface area contributed by atoms with Crippen LogP contribution in [0.2, 0.25) is 0 Å². The maximum absolute atomic E-state index is 13.4. The third-order valence-electron chi connectivity index (χ3n) is 5.48. The number of hydrogen-bond acceptors (Lipinski definition) is 8. The number of fused-ring (bicyclic) bond motifs is 1. The van der Waals surface area contributed by atoms with Crippen molar-refractivity contribution >= 4 is 33.4 Å². The van der Waals surface area contributed by atoms with Crippen molar-refractivity contribution in [2.75, 3.05) is 19.5 Å². The van der Waals surface area contributed by atoms with E-state index in [1.165, 1.54) is 11.3 Å². The van der Waals surface area contributed by atoms with Gasteiger partial charge in [-0.25, -0.2) is 14.6 Å². The van der Waals surface area contributed by atoms with Crippen LogP contribution in [0.15, 0.2) is 58.7 Å². The predicted molar refractivity (Wildman–Crippen MR) is 134 cm³/mol. The van der Waals surface area contributed by atoms with Gasteiger partial charge >= 0.3 is 0 Å². The zero-order valence-electron chi connectivity index (χ0n) is 19.6. The van der Waals surface area contributed by atoms with Gasteiger partial charge in [-0.1, -0.05) is 0 Å². The Morgan fingerprint density at radius 1 is 1.11 bits per heavy atom. The van der Waals surface area contributed by atoms with Crippen molar-refractivity contribution in [1.29, 1.82) is 0 Å². The lowest BCUT2D eigenvalue weighted by Gasteiger charge is -2.10. The number of thiazole rings is 1. The topological polar surface area (TPSA) is 104 Å². The van der Waals surface area contributed by atoms with Crippen LogP contribution in [0.25, 0.3) is 33.7 Å². The third-order valence-corrected chi connectivity index (χ3v) is 6.24. The first kappa shape index (κ1) is 22.6. The molecule has 4 heterocycles. The van der Waals surface area contributed by atoms with Gasteiger partial charge in [-0.05, 0) is 50.2 Å². The summed E-state index contributed by atoms with van der Waals surface area (Å²) in [5, 5.41) is 10.3. The Balaban J connectivity index is 1.51. The van der Waals surface area contributed by atoms with E-state index in [0.29, 0.717) is 50.4 Å². The second-order valence-corrected chi connectivity index (χ2v) is 8.87. The molecular formula is C25H23N5O4S. The van der Waals surface area contributed by atoms with Gasteiger partial charge in [0.2, 0.25) is 0 Å². The van der Waals surface area contributed by atoms with Crippen molar-refractivity contribution in [3.05, 3.63) is 59.8 Å². The van der Waals surface area contributed by atoms with Crippen LogP contribution in [-0.2, 0) is 0 Å². The van der Waals surface area contributed by atoms with Gasteiger partial charge in [0.15, 0.2) is 16.5 Å². The second kappa shape index (κ2) is 9.22. The standard InChI is InChI=1S/C25H23N5O4S/c1-14(2)30-23-18(12-26-30)16(11-19(27-23)22-6-5-9-34-22)24(31)29-25-28-20(13-35-25)17-10-15(32-3)7-8-21(17)33-4/h5-14H,1-4H3,(H,28,29,31). The van der Waals surface area contributed by atoms with Crippen LogP contribution in [0.5, 0.6) is 11.5 Å². The predicted octanol–water partition coefficient (Wildman–Crippen LogP) is 5.67. The van der Waals surface area contributed by atoms with Gasteiger partial charge in [-0.2, -0.15) is 5.10 Å². The Labute approximate surface area is 205 Å². The van der Waals surface area contributed by atoms with Gasteiger partial charge in [0.05, 0.1) is 43.3 Å². The van der Waals surface area contributed by atoms with E-state index >= 15 is 0 Å². The molecule has 1 aromatic carbocycles. The number of rotatable bonds is 7. The molecule has 0 unspecified atom stereocenters. The summed E-state index contributed by atoms with van der Waals surface area (Å²) in [6.45, 7) is 4.02. The molecule has 0 radical (unpaired) electrons. The zero-order valence-corrected chi connectivity index (χ0v) is 20.4. The number of anilines is 1. The van der Waals surface area contributed by atoms with Crippen LogP contribution in [0.3, 0.4) is 0 Å². The number of benzene rings is 1. The molecule has 1 amide bonds. The minimum atomic E-state index is -0.313. The lowest BCUT2D eigenvalue weighted by atomic mass is 10.1. The van der Waals surface area contributed by atoms with Crippen LogP contribution in [0.1, 0.15) is 30.2 Å². The van der Waals surface area contributed by atoms with Gasteiger partial charge < -0.3 is 13.9 Å². The smallest absolute Gasteiger partial charge is 0.258 e. The van der Waals surface area contributed by atoms with E-state index in [1.54, 1.807) is 49.6 Å². The number of ether oxygens (including phenoxy) is 2. The molecule has 0 bridgehead atoms. The Kier molecular flexibility index (Phi) is 5.96. The molecular weight excluding hydrogens is 466 g/mol. The molecule has 9 nitrogen and oxygen atoms in total. The number of furan rings is 1. The first-order chi connectivity index (χ1) is 17.0. The van der Waals surface area contributed by atoms with Crippen LogP contribution in [-0.4, -0.2) is 39.9 Å². The molecule has 0 saturated carbocycles. The number of carbonyl (C=O) groups excluding carboxylic acids is 1. The summed E-state index contributed by atoms with van der Waals surface area (Å²) >= 11 is 1.32. The fraction of sp³-hybridized carbons (Fsp3) is 0.200. The average molecular weight is 490 g/mol. The van der Waals surface area contributed by atoms with E-state index < -0.39 is 0 Å². The normalized spacial score (nSPS) is 11.2. The van der Waals surface area contributed by atoms with Gasteiger partial charge in [-0.15, -0.1) is 11.3 Å². The van der Waals surface area contributed by atoms with Crippen molar-refractivity contribution in [3.8, 4) is 34.2 Å². The minimum Gasteiger partial charge on any atom is -0.497 e. The van der Waals surface area contributed by atoms with Crippen molar-refractivity contribution in [2.45, 2.75) is 19.9 Å². The van der Waals surface area contributed by atoms with E-state index in [1.807, 2.05) is 37.4 Å². The van der Waals surface area contributed by atoms with Gasteiger partial charge in [-0.3, -0.25) is 10.1 Å². The first-order valence-electron chi connectivity index (χ1n) is 10.9. The van der Waals surface area contributed by atoms with Gasteiger partial charge in [0.25, 0.3) is 5.91 Å². The molecule has 0 saturated heterocycles. The SMILES string of the molecule is COc1ccc(OC)c(-c2csc(NC(=O)c3cc(-c4ccco4)nc4c3cnn4C(C)C)n2)c1. The summed E-state index contributed by atoms with van der Waals surface area (Å²) in [5.74, 6) is 1.60. The molecule has 10 heteroatoms. The minimum absolute atomic E-state index is 0.0714. The maximum atomic E-state index is 13.4. The summed E-state index contributed by atoms with van der Waals surface area (Å²) in [6.07, 6.45) is 3.24. The fourth-order valence-electron chi connectivity index (χ4n) is 3.77. The maximum Gasteiger partial charge on any atom is 0.258 e. The van der Waals surface area contributed by atoms with Gasteiger partial charge in [0.1, 0.15) is 17.2 Å². The summed E-state index contributed by atoms with van der Waals surface area (Å²) in [5.41, 5.74) is 3.04. The summed E-state index contributed by atoms with van der Waals surface area (Å²) in [6, 6.07) is 10.9. The molecule has 5 aromatic rings. The molecule has 0 spiro atoms. The van der Waals surface area contributed by atoms with Gasteiger partial charge in [0, 0.05) is 17.0 Å². The highest BCUT2D eigenvalue weighted by Gasteiger charge is 2.21. The monoisotopic (exact) mass is 489 g/mol. The molecule has 0 atom stereocenters. The van der Waals surface area contributed by atoms with Crippen LogP contribution >= 0.6 is 11.3 Å². The third kappa shape index (κ3) is 4.24. The quantitative estimate of drug-likeness (QED) is 0.314. The molecule has 0 aliphatic heterocycles. The molecule has 5 rings (SSSR count). The summed E-state index contributed by atoms with van der Waals surface area (Å²) in [7, 11) is 3.20. The highest BCUT2D eigenvalue weighted by Crippen LogP contribution is 2.35. The number of amides is 1. The number of aromatic nitrogens is 4. The van der Waals surface area contributed by atoms with E-state index in [2.05, 4.69) is 15.4 Å². The highest BCUT2D eigenvalue weighted by atomic mass is 32.1. The van der Waals surface area contributed by atoms with Crippen LogP contribution in [0, 0.1) is 0 Å². The molecule has 0 fully saturated rings. The molecule has 35 heavy (non-hydrogen) atoms. The number of carbonyl (C=O) groups is 1. The molecule has 178 valence electrons. The molecule has 0 aliphatic carbocycles. The Bertz CT molecular complexity index is 1500.